The zero-order chi connectivity index (χ0) is 20.7. The van der Waals surface area contributed by atoms with E-state index in [1.807, 2.05) is 13.8 Å². The molecule has 0 aliphatic rings. The second-order valence-electron chi connectivity index (χ2n) is 6.15. The van der Waals surface area contributed by atoms with E-state index in [9.17, 15) is 14.4 Å². The molecule has 28 heavy (non-hydrogen) atoms. The summed E-state index contributed by atoms with van der Waals surface area (Å²) in [5.41, 5.74) is 1.37. The van der Waals surface area contributed by atoms with Gasteiger partial charge in [0.05, 0.1) is 23.9 Å². The molecule has 0 saturated heterocycles. The summed E-state index contributed by atoms with van der Waals surface area (Å²) in [6.07, 6.45) is 0. The van der Waals surface area contributed by atoms with Crippen molar-refractivity contribution in [3.8, 4) is 0 Å². The Hall–Kier alpha value is -3.26. The SMILES string of the molecule is COC(=O)c1cccc(C(=O)NC(=S)Nc2ccccc2C(=O)NC(C)C)c1. The molecule has 2 aromatic rings. The molecule has 0 aliphatic carbocycles. The van der Waals surface area contributed by atoms with Crippen molar-refractivity contribution in [3.05, 3.63) is 65.2 Å². The van der Waals surface area contributed by atoms with Crippen LogP contribution in [-0.4, -0.2) is 36.0 Å². The van der Waals surface area contributed by atoms with Gasteiger partial charge in [0, 0.05) is 11.6 Å². The Labute approximate surface area is 168 Å². The van der Waals surface area contributed by atoms with Gasteiger partial charge in [-0.15, -0.1) is 0 Å². The molecule has 0 spiro atoms. The fraction of sp³-hybridized carbons (Fsp3) is 0.200. The predicted molar refractivity (Wildman–Crippen MR) is 111 cm³/mol. The predicted octanol–water partition coefficient (Wildman–Crippen LogP) is 2.74. The second-order valence-corrected chi connectivity index (χ2v) is 6.56. The third-order valence-corrected chi connectivity index (χ3v) is 3.82. The summed E-state index contributed by atoms with van der Waals surface area (Å²) in [7, 11) is 1.26. The summed E-state index contributed by atoms with van der Waals surface area (Å²) in [4.78, 5) is 36.3. The molecule has 146 valence electrons. The molecular weight excluding hydrogens is 378 g/mol. The monoisotopic (exact) mass is 399 g/mol. The standard InChI is InChI=1S/C20H21N3O4S/c1-12(2)21-18(25)15-9-4-5-10-16(15)22-20(28)23-17(24)13-7-6-8-14(11-13)19(26)27-3/h4-12H,1-3H3,(H,21,25)(H2,22,23,24,28). The fourth-order valence-corrected chi connectivity index (χ4v) is 2.57. The van der Waals surface area contributed by atoms with Crippen molar-refractivity contribution in [2.45, 2.75) is 19.9 Å². The van der Waals surface area contributed by atoms with Gasteiger partial charge in [-0.2, -0.15) is 0 Å². The highest BCUT2D eigenvalue weighted by Gasteiger charge is 2.15. The van der Waals surface area contributed by atoms with Crippen molar-refractivity contribution in [1.82, 2.24) is 10.6 Å². The first-order chi connectivity index (χ1) is 13.3. The van der Waals surface area contributed by atoms with Crippen LogP contribution in [0.1, 0.15) is 44.9 Å². The molecule has 2 amide bonds. The number of para-hydroxylation sites is 1. The Morgan fingerprint density at radius 1 is 0.964 bits per heavy atom. The molecule has 0 aliphatic heterocycles. The summed E-state index contributed by atoms with van der Waals surface area (Å²) in [6.45, 7) is 3.72. The molecule has 0 fully saturated rings. The number of rotatable bonds is 5. The molecule has 0 heterocycles. The number of anilines is 1. The maximum absolute atomic E-state index is 12.4. The molecule has 0 bridgehead atoms. The minimum atomic E-state index is -0.541. The Bertz CT molecular complexity index is 912. The minimum Gasteiger partial charge on any atom is -0.465 e. The summed E-state index contributed by atoms with van der Waals surface area (Å²) >= 11 is 5.19. The number of esters is 1. The van der Waals surface area contributed by atoms with E-state index in [1.165, 1.54) is 13.2 Å². The van der Waals surface area contributed by atoms with E-state index in [1.54, 1.807) is 42.5 Å². The fourth-order valence-electron chi connectivity index (χ4n) is 2.36. The summed E-state index contributed by atoms with van der Waals surface area (Å²) in [5.74, 6) is -1.29. The average Bonchev–Trinajstić information content (AvgIpc) is 2.67. The van der Waals surface area contributed by atoms with Crippen molar-refractivity contribution in [2.24, 2.45) is 0 Å². The normalized spacial score (nSPS) is 10.1. The van der Waals surface area contributed by atoms with Crippen LogP contribution >= 0.6 is 12.2 Å². The maximum Gasteiger partial charge on any atom is 0.337 e. The lowest BCUT2D eigenvalue weighted by atomic mass is 10.1. The van der Waals surface area contributed by atoms with E-state index in [4.69, 9.17) is 12.2 Å². The number of ether oxygens (including phenoxy) is 1. The van der Waals surface area contributed by atoms with Crippen molar-refractivity contribution in [1.29, 1.82) is 0 Å². The lowest BCUT2D eigenvalue weighted by Gasteiger charge is -2.15. The van der Waals surface area contributed by atoms with Crippen LogP contribution in [0.4, 0.5) is 5.69 Å². The van der Waals surface area contributed by atoms with Gasteiger partial charge < -0.3 is 15.4 Å². The molecule has 2 rings (SSSR count). The van der Waals surface area contributed by atoms with Crippen LogP contribution in [0.2, 0.25) is 0 Å². The topological polar surface area (TPSA) is 96.5 Å². The Morgan fingerprint density at radius 3 is 2.32 bits per heavy atom. The zero-order valence-corrected chi connectivity index (χ0v) is 16.6. The van der Waals surface area contributed by atoms with Gasteiger partial charge >= 0.3 is 5.97 Å². The zero-order valence-electron chi connectivity index (χ0n) is 15.7. The number of nitrogens with one attached hydrogen (secondary N) is 3. The number of hydrogen-bond acceptors (Lipinski definition) is 5. The lowest BCUT2D eigenvalue weighted by molar-refractivity contribution is 0.0600. The van der Waals surface area contributed by atoms with Gasteiger partial charge in [-0.3, -0.25) is 14.9 Å². The largest absolute Gasteiger partial charge is 0.465 e. The number of benzene rings is 2. The van der Waals surface area contributed by atoms with E-state index in [-0.39, 0.29) is 28.2 Å². The molecule has 3 N–H and O–H groups in total. The van der Waals surface area contributed by atoms with E-state index in [2.05, 4.69) is 20.7 Å². The van der Waals surface area contributed by atoms with Crippen LogP contribution in [-0.2, 0) is 4.74 Å². The summed E-state index contributed by atoms with van der Waals surface area (Å²) < 4.78 is 4.65. The van der Waals surface area contributed by atoms with E-state index >= 15 is 0 Å². The van der Waals surface area contributed by atoms with Gasteiger partial charge in [-0.1, -0.05) is 18.2 Å². The van der Waals surface area contributed by atoms with E-state index in [0.717, 1.165) is 0 Å². The van der Waals surface area contributed by atoms with Crippen LogP contribution in [0.3, 0.4) is 0 Å². The van der Waals surface area contributed by atoms with Crippen LogP contribution in [0.5, 0.6) is 0 Å². The lowest BCUT2D eigenvalue weighted by Crippen LogP contribution is -2.35. The minimum absolute atomic E-state index is 0.0192. The summed E-state index contributed by atoms with van der Waals surface area (Å²) in [6, 6.07) is 12.9. The molecule has 2 aromatic carbocycles. The highest BCUT2D eigenvalue weighted by molar-refractivity contribution is 7.80. The smallest absolute Gasteiger partial charge is 0.337 e. The molecule has 0 atom stereocenters. The molecule has 7 nitrogen and oxygen atoms in total. The van der Waals surface area contributed by atoms with Crippen LogP contribution in [0, 0.1) is 0 Å². The number of carbonyl (C=O) groups excluding carboxylic acids is 3. The molecular formula is C20H21N3O4S. The molecule has 0 radical (unpaired) electrons. The first kappa shape index (κ1) is 21.0. The Morgan fingerprint density at radius 2 is 1.64 bits per heavy atom. The number of amides is 2. The van der Waals surface area contributed by atoms with Crippen molar-refractivity contribution in [2.75, 3.05) is 12.4 Å². The maximum atomic E-state index is 12.4. The van der Waals surface area contributed by atoms with Crippen LogP contribution in [0.15, 0.2) is 48.5 Å². The second kappa shape index (κ2) is 9.61. The van der Waals surface area contributed by atoms with Gasteiger partial charge in [0.25, 0.3) is 11.8 Å². The number of carbonyl (C=O) groups is 3. The first-order valence-electron chi connectivity index (χ1n) is 8.52. The van der Waals surface area contributed by atoms with Gasteiger partial charge in [0.2, 0.25) is 0 Å². The van der Waals surface area contributed by atoms with E-state index in [0.29, 0.717) is 11.3 Å². The van der Waals surface area contributed by atoms with E-state index < -0.39 is 11.9 Å². The molecule has 8 heteroatoms. The van der Waals surface area contributed by atoms with Crippen molar-refractivity contribution < 1.29 is 19.1 Å². The Kier molecular flexibility index (Phi) is 7.22. The summed E-state index contributed by atoms with van der Waals surface area (Å²) in [5, 5.41) is 8.23. The Balaban J connectivity index is 2.10. The third kappa shape index (κ3) is 5.62. The van der Waals surface area contributed by atoms with Gasteiger partial charge in [0.15, 0.2) is 5.11 Å². The van der Waals surface area contributed by atoms with Gasteiger partial charge in [-0.25, -0.2) is 4.79 Å². The highest BCUT2D eigenvalue weighted by Crippen LogP contribution is 2.15. The number of methoxy groups -OCH3 is 1. The van der Waals surface area contributed by atoms with Gasteiger partial charge in [-0.05, 0) is 56.4 Å². The average molecular weight is 399 g/mol. The number of hydrogen-bond donors (Lipinski definition) is 3. The molecule has 0 aromatic heterocycles. The van der Waals surface area contributed by atoms with Crippen LogP contribution < -0.4 is 16.0 Å². The van der Waals surface area contributed by atoms with Crippen molar-refractivity contribution >= 4 is 40.8 Å². The molecule has 0 unspecified atom stereocenters. The number of thiocarbonyl (C=S) groups is 1. The van der Waals surface area contributed by atoms with Crippen LogP contribution in [0.25, 0.3) is 0 Å². The third-order valence-electron chi connectivity index (χ3n) is 3.61. The first-order valence-corrected chi connectivity index (χ1v) is 8.93. The molecule has 0 saturated carbocycles. The quantitative estimate of drug-likeness (QED) is 0.528. The highest BCUT2D eigenvalue weighted by atomic mass is 32.1. The van der Waals surface area contributed by atoms with Gasteiger partial charge in [0.1, 0.15) is 0 Å². The van der Waals surface area contributed by atoms with Crippen molar-refractivity contribution in [3.63, 3.8) is 0 Å².